The number of hydrogen-bond acceptors (Lipinski definition) is 5. The van der Waals surface area contributed by atoms with E-state index in [2.05, 4.69) is 5.10 Å². The van der Waals surface area contributed by atoms with Crippen molar-refractivity contribution in [3.8, 4) is 38.0 Å². The molecular formula is C27H23FN4O2S. The standard InChI is InChI=1S/C27H23FN4O2S/c1-17-24(23-12-11-22(35-23)19-15-29-31(2)16-19)27(34)32(14-13-18-7-4-3-5-8-18)26(30-17)20-9-6-10-21(28)25(20)33/h3-12,15-16,33H,13-14H2,1-2H3. The molecule has 5 rings (SSSR count). The minimum Gasteiger partial charge on any atom is -0.504 e. The van der Waals surface area contributed by atoms with Gasteiger partial charge in [0, 0.05) is 35.1 Å². The molecule has 0 saturated carbocycles. The highest BCUT2D eigenvalue weighted by Crippen LogP contribution is 2.35. The van der Waals surface area contributed by atoms with Gasteiger partial charge in [0.25, 0.3) is 5.56 Å². The van der Waals surface area contributed by atoms with E-state index in [1.165, 1.54) is 28.0 Å². The van der Waals surface area contributed by atoms with Crippen LogP contribution in [0.25, 0.3) is 32.3 Å². The molecule has 0 aliphatic rings. The first-order valence-electron chi connectivity index (χ1n) is 11.1. The number of para-hydroxylation sites is 1. The maximum absolute atomic E-state index is 14.2. The monoisotopic (exact) mass is 486 g/mol. The summed E-state index contributed by atoms with van der Waals surface area (Å²) in [5, 5.41) is 14.7. The highest BCUT2D eigenvalue weighted by atomic mass is 32.1. The smallest absolute Gasteiger partial charge is 0.262 e. The Kier molecular flexibility index (Phi) is 6.05. The summed E-state index contributed by atoms with van der Waals surface area (Å²) in [6.07, 6.45) is 4.29. The van der Waals surface area contributed by atoms with Crippen molar-refractivity contribution in [3.63, 3.8) is 0 Å². The third kappa shape index (κ3) is 4.40. The van der Waals surface area contributed by atoms with Gasteiger partial charge >= 0.3 is 0 Å². The third-order valence-electron chi connectivity index (χ3n) is 5.89. The average molecular weight is 487 g/mol. The Balaban J connectivity index is 1.65. The van der Waals surface area contributed by atoms with Crippen LogP contribution in [0.15, 0.2) is 77.9 Å². The zero-order valence-electron chi connectivity index (χ0n) is 19.3. The molecule has 35 heavy (non-hydrogen) atoms. The van der Waals surface area contributed by atoms with Crippen LogP contribution in [0.4, 0.5) is 4.39 Å². The summed E-state index contributed by atoms with van der Waals surface area (Å²) < 4.78 is 17.5. The number of aromatic hydroxyl groups is 1. The number of nitrogens with zero attached hydrogens (tertiary/aromatic N) is 4. The lowest BCUT2D eigenvalue weighted by Crippen LogP contribution is -2.27. The molecule has 0 fully saturated rings. The van der Waals surface area contributed by atoms with Crippen LogP contribution >= 0.6 is 11.3 Å². The van der Waals surface area contributed by atoms with E-state index >= 15 is 0 Å². The number of thiophene rings is 1. The Morgan fingerprint density at radius 2 is 1.80 bits per heavy atom. The number of aromatic nitrogens is 4. The summed E-state index contributed by atoms with van der Waals surface area (Å²) >= 11 is 1.50. The largest absolute Gasteiger partial charge is 0.504 e. The van der Waals surface area contributed by atoms with Crippen LogP contribution in [-0.4, -0.2) is 24.4 Å². The quantitative estimate of drug-likeness (QED) is 0.347. The first-order chi connectivity index (χ1) is 16.9. The van der Waals surface area contributed by atoms with E-state index < -0.39 is 11.6 Å². The minimum atomic E-state index is -0.757. The Labute approximate surface area is 205 Å². The van der Waals surface area contributed by atoms with Gasteiger partial charge in [0.2, 0.25) is 0 Å². The second kappa shape index (κ2) is 9.31. The van der Waals surface area contributed by atoms with Gasteiger partial charge in [-0.3, -0.25) is 14.0 Å². The van der Waals surface area contributed by atoms with Crippen molar-refractivity contribution in [2.45, 2.75) is 19.9 Å². The fraction of sp³-hybridized carbons (Fsp3) is 0.148. The lowest BCUT2D eigenvalue weighted by molar-refractivity contribution is 0.433. The molecular weight excluding hydrogens is 463 g/mol. The fourth-order valence-corrected chi connectivity index (χ4v) is 5.18. The molecule has 0 bridgehead atoms. The van der Waals surface area contributed by atoms with Gasteiger partial charge in [0.15, 0.2) is 11.6 Å². The van der Waals surface area contributed by atoms with E-state index in [-0.39, 0.29) is 16.9 Å². The van der Waals surface area contributed by atoms with Crippen molar-refractivity contribution < 1.29 is 9.50 Å². The number of aryl methyl sites for hydroxylation is 3. The van der Waals surface area contributed by atoms with E-state index in [1.807, 2.05) is 55.7 Å². The molecule has 0 saturated heterocycles. The minimum absolute atomic E-state index is 0.187. The molecule has 3 heterocycles. The summed E-state index contributed by atoms with van der Waals surface area (Å²) in [5.41, 5.74) is 3.01. The van der Waals surface area contributed by atoms with E-state index in [4.69, 9.17) is 4.98 Å². The zero-order chi connectivity index (χ0) is 24.5. The topological polar surface area (TPSA) is 72.9 Å². The van der Waals surface area contributed by atoms with Crippen LogP contribution < -0.4 is 5.56 Å². The zero-order valence-corrected chi connectivity index (χ0v) is 20.1. The van der Waals surface area contributed by atoms with Crippen molar-refractivity contribution in [2.75, 3.05) is 0 Å². The molecule has 0 spiro atoms. The number of hydrogen-bond donors (Lipinski definition) is 1. The van der Waals surface area contributed by atoms with Crippen LogP contribution in [0.3, 0.4) is 0 Å². The predicted molar refractivity (Wildman–Crippen MR) is 136 cm³/mol. The van der Waals surface area contributed by atoms with Crippen molar-refractivity contribution in [3.05, 3.63) is 100 Å². The van der Waals surface area contributed by atoms with Crippen LogP contribution in [0.2, 0.25) is 0 Å². The Hall–Kier alpha value is -4.04. The molecule has 0 aliphatic carbocycles. The van der Waals surface area contributed by atoms with Crippen molar-refractivity contribution in [1.82, 2.24) is 19.3 Å². The first kappa shape index (κ1) is 22.7. The summed E-state index contributed by atoms with van der Waals surface area (Å²) in [6, 6.07) is 18.0. The van der Waals surface area contributed by atoms with Crippen LogP contribution in [0.1, 0.15) is 11.3 Å². The summed E-state index contributed by atoms with van der Waals surface area (Å²) in [4.78, 5) is 20.4. The molecule has 0 atom stereocenters. The molecule has 6 nitrogen and oxygen atoms in total. The maximum Gasteiger partial charge on any atom is 0.262 e. The SMILES string of the molecule is Cc1nc(-c2cccc(F)c2O)n(CCc2ccccc2)c(=O)c1-c1ccc(-c2cnn(C)c2)s1. The van der Waals surface area contributed by atoms with Gasteiger partial charge in [-0.1, -0.05) is 36.4 Å². The molecule has 0 unspecified atom stereocenters. The van der Waals surface area contributed by atoms with Crippen LogP contribution in [0.5, 0.6) is 5.75 Å². The molecule has 2 aromatic carbocycles. The lowest BCUT2D eigenvalue weighted by atomic mass is 10.1. The van der Waals surface area contributed by atoms with Gasteiger partial charge in [0.1, 0.15) is 5.82 Å². The maximum atomic E-state index is 14.2. The van der Waals surface area contributed by atoms with E-state index in [9.17, 15) is 14.3 Å². The first-order valence-corrected chi connectivity index (χ1v) is 12.0. The summed E-state index contributed by atoms with van der Waals surface area (Å²) in [7, 11) is 1.86. The van der Waals surface area contributed by atoms with Gasteiger partial charge in [-0.25, -0.2) is 9.37 Å². The van der Waals surface area contributed by atoms with Crippen LogP contribution in [-0.2, 0) is 20.0 Å². The highest BCUT2D eigenvalue weighted by Gasteiger charge is 2.21. The Bertz CT molecular complexity index is 1570. The summed E-state index contributed by atoms with van der Waals surface area (Å²) in [5.74, 6) is -1.03. The molecule has 1 N–H and O–H groups in total. The number of benzene rings is 2. The number of rotatable bonds is 6. The second-order valence-electron chi connectivity index (χ2n) is 8.29. The average Bonchev–Trinajstić information content (AvgIpc) is 3.50. The number of halogens is 1. The fourth-order valence-electron chi connectivity index (χ4n) is 4.11. The molecule has 5 aromatic rings. The van der Waals surface area contributed by atoms with E-state index in [0.29, 0.717) is 24.2 Å². The normalized spacial score (nSPS) is 11.2. The van der Waals surface area contributed by atoms with Crippen molar-refractivity contribution in [2.24, 2.45) is 7.05 Å². The number of phenols is 1. The van der Waals surface area contributed by atoms with E-state index in [1.54, 1.807) is 23.9 Å². The molecule has 0 aliphatic heterocycles. The summed E-state index contributed by atoms with van der Waals surface area (Å²) in [6.45, 7) is 2.09. The van der Waals surface area contributed by atoms with Gasteiger partial charge in [0.05, 0.1) is 23.0 Å². The Morgan fingerprint density at radius 1 is 1.03 bits per heavy atom. The van der Waals surface area contributed by atoms with Crippen LogP contribution in [0, 0.1) is 12.7 Å². The van der Waals surface area contributed by atoms with Crippen molar-refractivity contribution in [1.29, 1.82) is 0 Å². The van der Waals surface area contributed by atoms with Gasteiger partial charge in [-0.2, -0.15) is 5.10 Å². The van der Waals surface area contributed by atoms with Gasteiger partial charge in [-0.05, 0) is 43.2 Å². The Morgan fingerprint density at radius 3 is 2.54 bits per heavy atom. The molecule has 0 radical (unpaired) electrons. The highest BCUT2D eigenvalue weighted by molar-refractivity contribution is 7.18. The third-order valence-corrected chi connectivity index (χ3v) is 7.04. The van der Waals surface area contributed by atoms with Crippen molar-refractivity contribution >= 4 is 11.3 Å². The molecule has 0 amide bonds. The second-order valence-corrected chi connectivity index (χ2v) is 9.37. The molecule has 3 aromatic heterocycles. The van der Waals surface area contributed by atoms with E-state index in [0.717, 1.165) is 20.9 Å². The predicted octanol–water partition coefficient (Wildman–Crippen LogP) is 5.44. The molecule has 8 heteroatoms. The number of phenolic OH excluding ortho intramolecular Hbond substituents is 1. The van der Waals surface area contributed by atoms with Gasteiger partial charge < -0.3 is 5.11 Å². The lowest BCUT2D eigenvalue weighted by Gasteiger charge is -2.16. The van der Waals surface area contributed by atoms with Gasteiger partial charge in [-0.15, -0.1) is 11.3 Å². The molecule has 176 valence electrons.